The first-order valence-corrected chi connectivity index (χ1v) is 10.8. The van der Waals surface area contributed by atoms with Gasteiger partial charge in [-0.15, -0.1) is 0 Å². The summed E-state index contributed by atoms with van der Waals surface area (Å²) >= 11 is 0. The van der Waals surface area contributed by atoms with Gasteiger partial charge in [0.05, 0.1) is 12.0 Å². The third-order valence-electron chi connectivity index (χ3n) is 4.77. The number of phenols is 1. The molecule has 0 aromatic heterocycles. The molecule has 0 spiro atoms. The second-order valence-corrected chi connectivity index (χ2v) is 8.76. The first-order valence-electron chi connectivity index (χ1n) is 10.8. The normalized spacial score (nSPS) is 12.7. The van der Waals surface area contributed by atoms with E-state index in [4.69, 9.17) is 9.47 Å². The van der Waals surface area contributed by atoms with Crippen molar-refractivity contribution in [3.8, 4) is 5.75 Å². The van der Waals surface area contributed by atoms with E-state index in [0.717, 1.165) is 17.7 Å². The van der Waals surface area contributed by atoms with Crippen molar-refractivity contribution < 1.29 is 33.9 Å². The van der Waals surface area contributed by atoms with Gasteiger partial charge in [0, 0.05) is 18.9 Å². The number of alkyl carbamates (subject to hydrolysis) is 1. The Hall–Kier alpha value is -4.15. The standard InChI is InChI=1S/C24H29N3O8/c1-24(2,3)35-23(31)26-17(13-16-10-11-20(28)19(14-16)27(32)33)21(29)25-18(22(30)34-4)12-15-8-6-5-7-9-15/h5-11,14,17-18,28H,12-13H2,1-4H3,(H,25,29)(H,26,31)/t17-,18-/m0/s1. The molecule has 0 saturated carbocycles. The highest BCUT2D eigenvalue weighted by Gasteiger charge is 2.30. The number of amides is 2. The van der Waals surface area contributed by atoms with Crippen molar-refractivity contribution >= 4 is 23.7 Å². The third-order valence-corrected chi connectivity index (χ3v) is 4.77. The number of methoxy groups -OCH3 is 1. The van der Waals surface area contributed by atoms with E-state index >= 15 is 0 Å². The van der Waals surface area contributed by atoms with Gasteiger partial charge in [0.25, 0.3) is 0 Å². The smallest absolute Gasteiger partial charge is 0.408 e. The number of ether oxygens (including phenoxy) is 2. The van der Waals surface area contributed by atoms with Gasteiger partial charge in [0.1, 0.15) is 17.7 Å². The number of hydrogen-bond donors (Lipinski definition) is 3. The van der Waals surface area contributed by atoms with Crippen LogP contribution in [0, 0.1) is 10.1 Å². The Morgan fingerprint density at radius 1 is 1.00 bits per heavy atom. The first kappa shape index (κ1) is 27.1. The van der Waals surface area contributed by atoms with Crippen LogP contribution in [-0.4, -0.2) is 52.8 Å². The zero-order valence-corrected chi connectivity index (χ0v) is 19.9. The lowest BCUT2D eigenvalue weighted by Gasteiger charge is -2.25. The van der Waals surface area contributed by atoms with E-state index in [1.54, 1.807) is 45.0 Å². The molecule has 2 rings (SSSR count). The number of benzene rings is 2. The van der Waals surface area contributed by atoms with E-state index in [1.807, 2.05) is 6.07 Å². The molecule has 0 saturated heterocycles. The van der Waals surface area contributed by atoms with Gasteiger partial charge in [0.2, 0.25) is 5.91 Å². The van der Waals surface area contributed by atoms with Crippen molar-refractivity contribution in [2.45, 2.75) is 51.3 Å². The molecule has 2 aromatic rings. The van der Waals surface area contributed by atoms with Crippen LogP contribution in [0.3, 0.4) is 0 Å². The minimum atomic E-state index is -1.25. The Morgan fingerprint density at radius 2 is 1.63 bits per heavy atom. The Morgan fingerprint density at radius 3 is 2.20 bits per heavy atom. The molecule has 2 atom stereocenters. The number of aromatic hydroxyl groups is 1. The van der Waals surface area contributed by atoms with Crippen LogP contribution in [0.15, 0.2) is 48.5 Å². The number of carbonyl (C=O) groups excluding carboxylic acids is 3. The Balaban J connectivity index is 2.30. The summed E-state index contributed by atoms with van der Waals surface area (Å²) in [7, 11) is 1.19. The number of hydrogen-bond acceptors (Lipinski definition) is 8. The fourth-order valence-electron chi connectivity index (χ4n) is 3.19. The molecular formula is C24H29N3O8. The van der Waals surface area contributed by atoms with Gasteiger partial charge < -0.3 is 25.2 Å². The lowest BCUT2D eigenvalue weighted by atomic mass is 10.0. The van der Waals surface area contributed by atoms with E-state index < -0.39 is 52.0 Å². The largest absolute Gasteiger partial charge is 0.502 e. The van der Waals surface area contributed by atoms with Gasteiger partial charge >= 0.3 is 17.7 Å². The summed E-state index contributed by atoms with van der Waals surface area (Å²) in [6, 6.07) is 10.3. The maximum atomic E-state index is 13.2. The topological polar surface area (TPSA) is 157 Å². The SMILES string of the molecule is COC(=O)[C@H](Cc1ccccc1)NC(=O)[C@H](Cc1ccc(O)c([N+](=O)[O-])c1)NC(=O)OC(C)(C)C. The van der Waals surface area contributed by atoms with Gasteiger partial charge in [-0.2, -0.15) is 0 Å². The predicted molar refractivity (Wildman–Crippen MR) is 126 cm³/mol. The van der Waals surface area contributed by atoms with Crippen molar-refractivity contribution in [2.24, 2.45) is 0 Å². The summed E-state index contributed by atoms with van der Waals surface area (Å²) in [4.78, 5) is 48.4. The highest BCUT2D eigenvalue weighted by Crippen LogP contribution is 2.27. The fraction of sp³-hybridized carbons (Fsp3) is 0.375. The molecule has 0 aliphatic carbocycles. The predicted octanol–water partition coefficient (Wildman–Crippen LogP) is 2.64. The molecule has 0 bridgehead atoms. The lowest BCUT2D eigenvalue weighted by Crippen LogP contribution is -2.53. The van der Waals surface area contributed by atoms with Crippen LogP contribution in [-0.2, 0) is 31.9 Å². The second-order valence-electron chi connectivity index (χ2n) is 8.76. The van der Waals surface area contributed by atoms with E-state index in [9.17, 15) is 29.6 Å². The number of phenolic OH excluding ortho intramolecular Hbond substituents is 1. The minimum Gasteiger partial charge on any atom is -0.502 e. The van der Waals surface area contributed by atoms with Crippen LogP contribution < -0.4 is 10.6 Å². The summed E-state index contributed by atoms with van der Waals surface area (Å²) in [5, 5.41) is 25.9. The average Bonchev–Trinajstić information content (AvgIpc) is 2.78. The van der Waals surface area contributed by atoms with Crippen molar-refractivity contribution in [3.63, 3.8) is 0 Å². The Bertz CT molecular complexity index is 1070. The number of nitro groups is 1. The Kier molecular flexibility index (Phi) is 9.15. The van der Waals surface area contributed by atoms with Gasteiger partial charge in [-0.05, 0) is 38.0 Å². The number of carbonyl (C=O) groups is 3. The maximum absolute atomic E-state index is 13.2. The van der Waals surface area contributed by atoms with Gasteiger partial charge in [-0.3, -0.25) is 14.9 Å². The number of nitrogens with one attached hydrogen (secondary N) is 2. The van der Waals surface area contributed by atoms with Crippen molar-refractivity contribution in [3.05, 3.63) is 69.8 Å². The molecule has 0 aliphatic rings. The van der Waals surface area contributed by atoms with Crippen LogP contribution >= 0.6 is 0 Å². The van der Waals surface area contributed by atoms with E-state index in [0.29, 0.717) is 5.56 Å². The second kappa shape index (κ2) is 11.8. The van der Waals surface area contributed by atoms with Gasteiger partial charge in [-0.25, -0.2) is 9.59 Å². The molecule has 188 valence electrons. The van der Waals surface area contributed by atoms with Crippen molar-refractivity contribution in [1.82, 2.24) is 10.6 Å². The minimum absolute atomic E-state index is 0.142. The van der Waals surface area contributed by atoms with E-state index in [1.165, 1.54) is 13.2 Å². The molecule has 0 aliphatic heterocycles. The molecule has 11 nitrogen and oxygen atoms in total. The highest BCUT2D eigenvalue weighted by atomic mass is 16.6. The zero-order chi connectivity index (χ0) is 26.2. The van der Waals surface area contributed by atoms with Crippen molar-refractivity contribution in [1.29, 1.82) is 0 Å². The average molecular weight is 488 g/mol. The van der Waals surface area contributed by atoms with Crippen LogP contribution in [0.25, 0.3) is 0 Å². The monoisotopic (exact) mass is 487 g/mol. The summed E-state index contributed by atoms with van der Waals surface area (Å²) in [6.07, 6.45) is -0.919. The van der Waals surface area contributed by atoms with Gasteiger partial charge in [0.15, 0.2) is 5.75 Å². The summed E-state index contributed by atoms with van der Waals surface area (Å²) < 4.78 is 10.1. The summed E-state index contributed by atoms with van der Waals surface area (Å²) in [5.74, 6) is -1.94. The summed E-state index contributed by atoms with van der Waals surface area (Å²) in [5.41, 5.74) is -0.322. The molecule has 11 heteroatoms. The fourth-order valence-corrected chi connectivity index (χ4v) is 3.19. The van der Waals surface area contributed by atoms with Crippen LogP contribution in [0.5, 0.6) is 5.75 Å². The van der Waals surface area contributed by atoms with Crippen LogP contribution in [0.2, 0.25) is 0 Å². The van der Waals surface area contributed by atoms with Crippen LogP contribution in [0.1, 0.15) is 31.9 Å². The third kappa shape index (κ3) is 8.61. The highest BCUT2D eigenvalue weighted by molar-refractivity contribution is 5.90. The van der Waals surface area contributed by atoms with Crippen LogP contribution in [0.4, 0.5) is 10.5 Å². The maximum Gasteiger partial charge on any atom is 0.408 e. The number of nitro benzene ring substituents is 1. The van der Waals surface area contributed by atoms with Gasteiger partial charge in [-0.1, -0.05) is 36.4 Å². The quantitative estimate of drug-likeness (QED) is 0.277. The molecule has 0 heterocycles. The molecule has 0 fully saturated rings. The number of nitrogens with zero attached hydrogens (tertiary/aromatic N) is 1. The lowest BCUT2D eigenvalue weighted by molar-refractivity contribution is -0.385. The molecule has 2 amide bonds. The summed E-state index contributed by atoms with van der Waals surface area (Å²) in [6.45, 7) is 4.95. The molecule has 0 unspecified atom stereocenters. The molecule has 35 heavy (non-hydrogen) atoms. The zero-order valence-electron chi connectivity index (χ0n) is 19.9. The van der Waals surface area contributed by atoms with Crippen molar-refractivity contribution in [2.75, 3.05) is 7.11 Å². The molecule has 0 radical (unpaired) electrons. The first-order chi connectivity index (χ1) is 16.4. The molecule has 2 aromatic carbocycles. The van der Waals surface area contributed by atoms with E-state index in [2.05, 4.69) is 10.6 Å². The van der Waals surface area contributed by atoms with E-state index in [-0.39, 0.29) is 12.8 Å². The number of esters is 1. The molecule has 3 N–H and O–H groups in total. The Labute approximate surface area is 202 Å². The number of rotatable bonds is 9. The molecular weight excluding hydrogens is 458 g/mol.